The molecule has 9 nitrogen and oxygen atoms in total. The molecule has 1 amide bonds. The number of carbonyl (C=O) groups is 1. The third-order valence-corrected chi connectivity index (χ3v) is 4.68. The van der Waals surface area contributed by atoms with E-state index in [-0.39, 0.29) is 17.5 Å². The van der Waals surface area contributed by atoms with Crippen molar-refractivity contribution in [2.45, 2.75) is 13.0 Å². The van der Waals surface area contributed by atoms with Gasteiger partial charge in [-0.15, -0.1) is 0 Å². The summed E-state index contributed by atoms with van der Waals surface area (Å²) in [5.74, 6) is 0.962. The molecule has 2 aromatic heterocycles. The van der Waals surface area contributed by atoms with Crippen molar-refractivity contribution < 1.29 is 14.1 Å². The third-order valence-electron chi connectivity index (χ3n) is 4.68. The second kappa shape index (κ2) is 7.27. The first-order chi connectivity index (χ1) is 14.0. The number of para-hydroxylation sites is 1. The van der Waals surface area contributed by atoms with Crippen molar-refractivity contribution in [1.29, 1.82) is 0 Å². The third kappa shape index (κ3) is 3.38. The molecule has 0 radical (unpaired) electrons. The lowest BCUT2D eigenvalue weighted by molar-refractivity contribution is 0.0932. The van der Waals surface area contributed by atoms with Crippen LogP contribution < -0.4 is 15.7 Å². The maximum Gasteiger partial charge on any atom is 0.326 e. The Morgan fingerprint density at radius 3 is 2.86 bits per heavy atom. The Morgan fingerprint density at radius 1 is 1.28 bits per heavy atom. The number of fused-ring (bicyclic) bond motifs is 1. The molecule has 2 N–H and O–H groups in total. The molecule has 0 bridgehead atoms. The number of hydrogen-bond donors (Lipinski definition) is 2. The topological polar surface area (TPSA) is 115 Å². The van der Waals surface area contributed by atoms with Gasteiger partial charge in [-0.25, -0.2) is 4.79 Å². The van der Waals surface area contributed by atoms with Crippen molar-refractivity contribution in [1.82, 2.24) is 25.0 Å². The summed E-state index contributed by atoms with van der Waals surface area (Å²) in [6, 6.07) is 11.8. The number of methoxy groups -OCH3 is 1. The standard InChI is InChI=1S/C20H19N5O4/c1-11(19-23-17(24-29-19)13-6-4-5-7-16(13)28-3)21-18(26)12-8-9-14-15(10-12)25(2)20(27)22-14/h4-11H,1-3H3,(H,21,26)(H,22,27). The van der Waals surface area contributed by atoms with E-state index < -0.39 is 6.04 Å². The minimum atomic E-state index is -0.510. The molecular weight excluding hydrogens is 374 g/mol. The molecule has 4 rings (SSSR count). The van der Waals surface area contributed by atoms with E-state index in [4.69, 9.17) is 9.26 Å². The number of amides is 1. The normalized spacial score (nSPS) is 12.1. The molecule has 0 aliphatic heterocycles. The van der Waals surface area contributed by atoms with Crippen LogP contribution in [0.4, 0.5) is 0 Å². The van der Waals surface area contributed by atoms with E-state index in [0.717, 1.165) is 0 Å². The lowest BCUT2D eigenvalue weighted by Gasteiger charge is -2.10. The largest absolute Gasteiger partial charge is 0.496 e. The number of hydrogen-bond acceptors (Lipinski definition) is 6. The summed E-state index contributed by atoms with van der Waals surface area (Å²) in [6.07, 6.45) is 0. The van der Waals surface area contributed by atoms with Crippen molar-refractivity contribution in [3.05, 3.63) is 64.4 Å². The molecular formula is C20H19N5O4. The smallest absolute Gasteiger partial charge is 0.326 e. The summed E-state index contributed by atoms with van der Waals surface area (Å²) < 4.78 is 12.1. The number of nitrogens with zero attached hydrogens (tertiary/aromatic N) is 3. The fourth-order valence-corrected chi connectivity index (χ4v) is 3.06. The van der Waals surface area contributed by atoms with Crippen molar-refractivity contribution in [3.8, 4) is 17.1 Å². The number of nitrogens with one attached hydrogen (secondary N) is 2. The number of rotatable bonds is 5. The highest BCUT2D eigenvalue weighted by atomic mass is 16.5. The predicted molar refractivity (Wildman–Crippen MR) is 106 cm³/mol. The Morgan fingerprint density at radius 2 is 2.07 bits per heavy atom. The first-order valence-electron chi connectivity index (χ1n) is 8.94. The molecule has 0 spiro atoms. The van der Waals surface area contributed by atoms with Crippen LogP contribution in [0.5, 0.6) is 5.75 Å². The van der Waals surface area contributed by atoms with Crippen LogP contribution in [0.15, 0.2) is 51.8 Å². The molecule has 1 unspecified atom stereocenters. The SMILES string of the molecule is COc1ccccc1-c1noc(C(C)NC(=O)c2ccc3[nH]c(=O)n(C)c3c2)n1. The number of ether oxygens (including phenoxy) is 1. The van der Waals surface area contributed by atoms with E-state index in [1.807, 2.05) is 18.2 Å². The molecule has 0 aliphatic carbocycles. The average molecular weight is 393 g/mol. The first kappa shape index (κ1) is 18.5. The second-order valence-electron chi connectivity index (χ2n) is 6.57. The average Bonchev–Trinajstić information content (AvgIpc) is 3.33. The highest BCUT2D eigenvalue weighted by Crippen LogP contribution is 2.28. The molecule has 4 aromatic rings. The molecule has 0 fully saturated rings. The van der Waals surface area contributed by atoms with Crippen molar-refractivity contribution in [2.24, 2.45) is 7.05 Å². The summed E-state index contributed by atoms with van der Waals surface area (Å²) in [5.41, 5.74) is 2.19. The maximum atomic E-state index is 12.6. The van der Waals surface area contributed by atoms with Crippen molar-refractivity contribution >= 4 is 16.9 Å². The maximum absolute atomic E-state index is 12.6. The number of H-pyrrole nitrogens is 1. The van der Waals surface area contributed by atoms with Gasteiger partial charge in [0.1, 0.15) is 11.8 Å². The van der Waals surface area contributed by atoms with Gasteiger partial charge in [0.15, 0.2) is 0 Å². The predicted octanol–water partition coefficient (Wildman–Crippen LogP) is 2.42. The Kier molecular flexibility index (Phi) is 4.63. The summed E-state index contributed by atoms with van der Waals surface area (Å²) in [6.45, 7) is 1.75. The Balaban J connectivity index is 1.54. The minimum Gasteiger partial charge on any atom is -0.496 e. The first-order valence-corrected chi connectivity index (χ1v) is 8.94. The van der Waals surface area contributed by atoms with Gasteiger partial charge in [0.25, 0.3) is 5.91 Å². The van der Waals surface area contributed by atoms with E-state index in [9.17, 15) is 9.59 Å². The quantitative estimate of drug-likeness (QED) is 0.538. The number of aromatic nitrogens is 4. The molecule has 0 aliphatic rings. The molecule has 9 heteroatoms. The number of carbonyl (C=O) groups excluding carboxylic acids is 1. The van der Waals surface area contributed by atoms with E-state index in [1.165, 1.54) is 4.57 Å². The molecule has 0 saturated heterocycles. The van der Waals surface area contributed by atoms with E-state index >= 15 is 0 Å². The van der Waals surface area contributed by atoms with Gasteiger partial charge in [0.05, 0.1) is 23.7 Å². The molecule has 0 saturated carbocycles. The van der Waals surface area contributed by atoms with Crippen LogP contribution in [0.2, 0.25) is 0 Å². The number of aryl methyl sites for hydroxylation is 1. The van der Waals surface area contributed by atoms with Crippen LogP contribution in [-0.2, 0) is 7.05 Å². The lowest BCUT2D eigenvalue weighted by Crippen LogP contribution is -2.26. The van der Waals surface area contributed by atoms with Crippen LogP contribution in [0.3, 0.4) is 0 Å². The van der Waals surface area contributed by atoms with Gasteiger partial charge in [0, 0.05) is 12.6 Å². The highest BCUT2D eigenvalue weighted by molar-refractivity contribution is 5.97. The van der Waals surface area contributed by atoms with E-state index in [1.54, 1.807) is 45.3 Å². The zero-order valence-corrected chi connectivity index (χ0v) is 16.1. The Labute approximate surface area is 165 Å². The summed E-state index contributed by atoms with van der Waals surface area (Å²) in [4.78, 5) is 31.5. The molecule has 1 atom stereocenters. The molecule has 2 aromatic carbocycles. The number of imidazole rings is 1. The van der Waals surface area contributed by atoms with Gasteiger partial charge in [-0.2, -0.15) is 4.98 Å². The van der Waals surface area contributed by atoms with Gasteiger partial charge < -0.3 is 19.6 Å². The highest BCUT2D eigenvalue weighted by Gasteiger charge is 2.20. The monoisotopic (exact) mass is 393 g/mol. The van der Waals surface area contributed by atoms with Crippen LogP contribution in [0.25, 0.3) is 22.4 Å². The molecule has 2 heterocycles. The summed E-state index contributed by atoms with van der Waals surface area (Å²) in [7, 11) is 3.21. The van der Waals surface area contributed by atoms with Gasteiger partial charge >= 0.3 is 5.69 Å². The van der Waals surface area contributed by atoms with Crippen LogP contribution in [0.1, 0.15) is 29.2 Å². The lowest BCUT2D eigenvalue weighted by atomic mass is 10.1. The fourth-order valence-electron chi connectivity index (χ4n) is 3.06. The van der Waals surface area contributed by atoms with Crippen LogP contribution in [0, 0.1) is 0 Å². The fraction of sp³-hybridized carbons (Fsp3) is 0.200. The molecule has 148 valence electrons. The van der Waals surface area contributed by atoms with Crippen molar-refractivity contribution in [2.75, 3.05) is 7.11 Å². The second-order valence-corrected chi connectivity index (χ2v) is 6.57. The van der Waals surface area contributed by atoms with Gasteiger partial charge in [-0.3, -0.25) is 9.36 Å². The van der Waals surface area contributed by atoms with Gasteiger partial charge in [0.2, 0.25) is 11.7 Å². The van der Waals surface area contributed by atoms with Gasteiger partial charge in [-0.1, -0.05) is 17.3 Å². The van der Waals surface area contributed by atoms with Crippen LogP contribution in [-0.4, -0.2) is 32.7 Å². The number of benzene rings is 2. The zero-order chi connectivity index (χ0) is 20.5. The number of aromatic amines is 1. The minimum absolute atomic E-state index is 0.236. The summed E-state index contributed by atoms with van der Waals surface area (Å²) >= 11 is 0. The summed E-state index contributed by atoms with van der Waals surface area (Å²) in [5, 5.41) is 6.82. The zero-order valence-electron chi connectivity index (χ0n) is 16.1. The van der Waals surface area contributed by atoms with Crippen LogP contribution >= 0.6 is 0 Å². The Hall–Kier alpha value is -3.88. The molecule has 29 heavy (non-hydrogen) atoms. The van der Waals surface area contributed by atoms with E-state index in [0.29, 0.717) is 33.7 Å². The Bertz CT molecular complexity index is 1250. The van der Waals surface area contributed by atoms with Gasteiger partial charge in [-0.05, 0) is 37.3 Å². The van der Waals surface area contributed by atoms with Crippen molar-refractivity contribution in [3.63, 3.8) is 0 Å². The van der Waals surface area contributed by atoms with E-state index in [2.05, 4.69) is 20.4 Å².